The van der Waals surface area contributed by atoms with Crippen molar-refractivity contribution in [2.45, 2.75) is 13.8 Å². The first-order chi connectivity index (χ1) is 8.47. The molecule has 100 valence electrons. The Balaban J connectivity index is 3.43. The third-order valence-electron chi connectivity index (χ3n) is 2.66. The smallest absolute Gasteiger partial charge is 0.260 e. The lowest BCUT2D eigenvalue weighted by molar-refractivity contribution is 0.0964. The van der Waals surface area contributed by atoms with Gasteiger partial charge in [-0.25, -0.2) is 0 Å². The lowest BCUT2D eigenvalue weighted by atomic mass is 10.2. The van der Waals surface area contributed by atoms with E-state index in [1.807, 2.05) is 18.7 Å². The molecule has 2 amide bonds. The molecule has 0 saturated carbocycles. The number of nitrogens with one attached hydrogen (secondary N) is 1. The molecule has 0 unspecified atom stereocenters. The van der Waals surface area contributed by atoms with Crippen LogP contribution in [0.5, 0.6) is 0 Å². The van der Waals surface area contributed by atoms with E-state index in [0.29, 0.717) is 10.6 Å². The largest absolute Gasteiger partial charge is 0.397 e. The van der Waals surface area contributed by atoms with Crippen molar-refractivity contribution in [3.8, 4) is 0 Å². The Morgan fingerprint density at radius 1 is 1.33 bits per heavy atom. The third kappa shape index (κ3) is 2.40. The van der Waals surface area contributed by atoms with Gasteiger partial charge in [0.1, 0.15) is 9.88 Å². The highest BCUT2D eigenvalue weighted by atomic mass is 32.1. The summed E-state index contributed by atoms with van der Waals surface area (Å²) in [6, 6.07) is 0. The number of nitrogen functional groups attached to an aromatic ring is 1. The summed E-state index contributed by atoms with van der Waals surface area (Å²) >= 11 is 1.16. The van der Waals surface area contributed by atoms with E-state index in [2.05, 4.69) is 5.32 Å². The predicted molar refractivity (Wildman–Crippen MR) is 74.2 cm³/mol. The van der Waals surface area contributed by atoms with Gasteiger partial charge in [0, 0.05) is 20.1 Å². The number of amides is 2. The Labute approximate surface area is 110 Å². The summed E-state index contributed by atoms with van der Waals surface area (Å²) in [7, 11) is 1.52. The van der Waals surface area contributed by atoms with Crippen molar-refractivity contribution in [1.29, 1.82) is 0 Å². The fourth-order valence-electron chi connectivity index (χ4n) is 1.69. The summed E-state index contributed by atoms with van der Waals surface area (Å²) in [5.74, 6) is -0.917. The van der Waals surface area contributed by atoms with Crippen molar-refractivity contribution in [3.05, 3.63) is 10.4 Å². The molecule has 0 saturated heterocycles. The van der Waals surface area contributed by atoms with Crippen LogP contribution in [0.4, 0.5) is 10.7 Å². The summed E-state index contributed by atoms with van der Waals surface area (Å²) in [6.45, 7) is 5.38. The highest BCUT2D eigenvalue weighted by molar-refractivity contribution is 7.19. The Morgan fingerprint density at radius 3 is 2.28 bits per heavy atom. The maximum atomic E-state index is 11.9. The minimum absolute atomic E-state index is 0.161. The number of rotatable bonds is 5. The zero-order valence-corrected chi connectivity index (χ0v) is 11.6. The molecule has 1 rings (SSSR count). The fraction of sp³-hybridized carbons (Fsp3) is 0.455. The molecule has 1 aromatic rings. The topological polar surface area (TPSA) is 101 Å². The van der Waals surface area contributed by atoms with Crippen LogP contribution in [0.25, 0.3) is 0 Å². The van der Waals surface area contributed by atoms with Crippen LogP contribution in [0.2, 0.25) is 0 Å². The van der Waals surface area contributed by atoms with E-state index < -0.39 is 5.91 Å². The van der Waals surface area contributed by atoms with Crippen LogP contribution < -0.4 is 21.7 Å². The fourth-order valence-corrected chi connectivity index (χ4v) is 2.89. The number of primary amides is 1. The van der Waals surface area contributed by atoms with E-state index in [0.717, 1.165) is 24.4 Å². The van der Waals surface area contributed by atoms with Gasteiger partial charge >= 0.3 is 0 Å². The SMILES string of the molecule is CCN(CC)c1sc(C(N)=O)c(N)c1C(=O)NC. The highest BCUT2D eigenvalue weighted by Gasteiger charge is 2.26. The van der Waals surface area contributed by atoms with Crippen molar-refractivity contribution in [2.24, 2.45) is 5.73 Å². The molecule has 18 heavy (non-hydrogen) atoms. The quantitative estimate of drug-likeness (QED) is 0.730. The van der Waals surface area contributed by atoms with Crippen LogP contribution in [0.1, 0.15) is 33.9 Å². The van der Waals surface area contributed by atoms with Gasteiger partial charge in [0.05, 0.1) is 11.3 Å². The predicted octanol–water partition coefficient (Wildman–Crippen LogP) is 0.635. The molecule has 0 aliphatic carbocycles. The van der Waals surface area contributed by atoms with E-state index in [9.17, 15) is 9.59 Å². The number of thiophene rings is 1. The molecule has 0 aromatic carbocycles. The van der Waals surface area contributed by atoms with E-state index in [1.54, 1.807) is 0 Å². The van der Waals surface area contributed by atoms with Crippen molar-refractivity contribution >= 4 is 33.8 Å². The molecule has 0 aliphatic rings. The van der Waals surface area contributed by atoms with E-state index in [1.165, 1.54) is 7.05 Å². The van der Waals surface area contributed by atoms with Gasteiger partial charge in [-0.3, -0.25) is 9.59 Å². The van der Waals surface area contributed by atoms with Gasteiger partial charge in [0.15, 0.2) is 0 Å². The molecule has 7 heteroatoms. The average molecular weight is 270 g/mol. The summed E-state index contributed by atoms with van der Waals surface area (Å²) in [6.07, 6.45) is 0. The molecule has 6 nitrogen and oxygen atoms in total. The van der Waals surface area contributed by atoms with Gasteiger partial charge in [-0.2, -0.15) is 0 Å². The van der Waals surface area contributed by atoms with Gasteiger partial charge in [0.25, 0.3) is 11.8 Å². The molecule has 1 heterocycles. The van der Waals surface area contributed by atoms with Gasteiger partial charge in [-0.1, -0.05) is 0 Å². The van der Waals surface area contributed by atoms with Crippen molar-refractivity contribution in [1.82, 2.24) is 5.32 Å². The third-order valence-corrected chi connectivity index (χ3v) is 3.94. The van der Waals surface area contributed by atoms with Crippen molar-refractivity contribution in [2.75, 3.05) is 30.8 Å². The highest BCUT2D eigenvalue weighted by Crippen LogP contribution is 2.37. The molecule has 0 spiro atoms. The summed E-state index contributed by atoms with van der Waals surface area (Å²) in [5.41, 5.74) is 11.6. The molecular weight excluding hydrogens is 252 g/mol. The normalized spacial score (nSPS) is 10.2. The maximum absolute atomic E-state index is 11.9. The van der Waals surface area contributed by atoms with Crippen LogP contribution in [0.3, 0.4) is 0 Å². The second kappa shape index (κ2) is 5.72. The van der Waals surface area contributed by atoms with E-state index in [4.69, 9.17) is 11.5 Å². The second-order valence-corrected chi connectivity index (χ2v) is 4.64. The van der Waals surface area contributed by atoms with Crippen LogP contribution in [0, 0.1) is 0 Å². The first kappa shape index (κ1) is 14.3. The number of hydrogen-bond acceptors (Lipinski definition) is 5. The lowest BCUT2D eigenvalue weighted by Gasteiger charge is -2.20. The monoisotopic (exact) mass is 270 g/mol. The standard InChI is InChI=1S/C11H18N4O2S/c1-4-15(5-2)11-6(10(17)14-3)7(12)8(18-11)9(13)16/h4-5,12H2,1-3H3,(H2,13,16)(H,14,17). The minimum atomic E-state index is -0.610. The van der Waals surface area contributed by atoms with Crippen LogP contribution in [0.15, 0.2) is 0 Å². The van der Waals surface area contributed by atoms with Crippen molar-refractivity contribution in [3.63, 3.8) is 0 Å². The second-order valence-electron chi connectivity index (χ2n) is 3.64. The van der Waals surface area contributed by atoms with E-state index in [-0.39, 0.29) is 16.5 Å². The number of hydrogen-bond donors (Lipinski definition) is 3. The number of nitrogens with two attached hydrogens (primary N) is 2. The number of carbonyl (C=O) groups is 2. The lowest BCUT2D eigenvalue weighted by Crippen LogP contribution is -2.26. The van der Waals surface area contributed by atoms with Gasteiger partial charge in [-0.05, 0) is 13.8 Å². The number of nitrogens with zero attached hydrogens (tertiary/aromatic N) is 1. The maximum Gasteiger partial charge on any atom is 0.260 e. The zero-order valence-electron chi connectivity index (χ0n) is 10.7. The number of carbonyl (C=O) groups excluding carboxylic acids is 2. The number of anilines is 2. The molecule has 0 bridgehead atoms. The zero-order chi connectivity index (χ0) is 13.9. The summed E-state index contributed by atoms with van der Waals surface area (Å²) in [4.78, 5) is 25.4. The molecular formula is C11H18N4O2S. The van der Waals surface area contributed by atoms with Crippen LogP contribution >= 0.6 is 11.3 Å². The molecule has 0 atom stereocenters. The Bertz CT molecular complexity index is 466. The molecule has 0 fully saturated rings. The average Bonchev–Trinajstić information content (AvgIpc) is 2.68. The Kier molecular flexibility index (Phi) is 4.55. The van der Waals surface area contributed by atoms with Gasteiger partial charge in [0.2, 0.25) is 0 Å². The molecule has 0 radical (unpaired) electrons. The van der Waals surface area contributed by atoms with Crippen molar-refractivity contribution < 1.29 is 9.59 Å². The minimum Gasteiger partial charge on any atom is -0.397 e. The molecule has 0 aliphatic heterocycles. The van der Waals surface area contributed by atoms with Crippen LogP contribution in [-0.4, -0.2) is 32.0 Å². The van der Waals surface area contributed by atoms with Gasteiger partial charge < -0.3 is 21.7 Å². The first-order valence-electron chi connectivity index (χ1n) is 5.66. The Morgan fingerprint density at radius 2 is 1.89 bits per heavy atom. The van der Waals surface area contributed by atoms with Gasteiger partial charge in [-0.15, -0.1) is 11.3 Å². The Hall–Kier alpha value is -1.76. The molecule has 1 aromatic heterocycles. The first-order valence-corrected chi connectivity index (χ1v) is 6.48. The molecule has 5 N–H and O–H groups in total. The summed E-state index contributed by atoms with van der Waals surface area (Å²) in [5, 5.41) is 3.21. The van der Waals surface area contributed by atoms with Crippen LogP contribution in [-0.2, 0) is 0 Å². The van der Waals surface area contributed by atoms with E-state index >= 15 is 0 Å². The summed E-state index contributed by atoms with van der Waals surface area (Å²) < 4.78 is 0.